The van der Waals surface area contributed by atoms with E-state index in [1.807, 2.05) is 25.1 Å². The van der Waals surface area contributed by atoms with E-state index in [2.05, 4.69) is 4.98 Å². The second-order valence-corrected chi connectivity index (χ2v) is 3.28. The van der Waals surface area contributed by atoms with Gasteiger partial charge in [-0.05, 0) is 18.6 Å². The Labute approximate surface area is 78.6 Å². The number of hydrogen-bond donors (Lipinski definition) is 2. The lowest BCUT2D eigenvalue weighted by atomic mass is 9.99. The van der Waals surface area contributed by atoms with Crippen LogP contribution in [0.3, 0.4) is 0 Å². The highest BCUT2D eigenvalue weighted by Crippen LogP contribution is 2.17. The monoisotopic (exact) mass is 180 g/mol. The molecule has 72 valence electrons. The molecule has 0 aromatic carbocycles. The van der Waals surface area contributed by atoms with Crippen molar-refractivity contribution in [1.82, 2.24) is 4.98 Å². The normalized spacial score (nSPS) is 15.3. The molecule has 3 N–H and O–H groups in total. The molecule has 1 aromatic heterocycles. The van der Waals surface area contributed by atoms with Gasteiger partial charge < -0.3 is 10.8 Å². The third kappa shape index (κ3) is 3.13. The maximum absolute atomic E-state index is 9.34. The molecule has 2 unspecified atom stereocenters. The van der Waals surface area contributed by atoms with Crippen LogP contribution in [0, 0.1) is 0 Å². The molecular weight excluding hydrogens is 164 g/mol. The Kier molecular flexibility index (Phi) is 3.86. The smallest absolute Gasteiger partial charge is 0.0668 e. The van der Waals surface area contributed by atoms with Gasteiger partial charge in [0, 0.05) is 24.4 Å². The summed E-state index contributed by atoms with van der Waals surface area (Å²) < 4.78 is 0. The van der Waals surface area contributed by atoms with Crippen LogP contribution in [-0.4, -0.2) is 22.7 Å². The molecule has 0 saturated carbocycles. The number of aliphatic hydroxyl groups is 1. The summed E-state index contributed by atoms with van der Waals surface area (Å²) in [4.78, 5) is 4.21. The summed E-state index contributed by atoms with van der Waals surface area (Å²) in [5, 5.41) is 9.34. The summed E-state index contributed by atoms with van der Waals surface area (Å²) in [5.41, 5.74) is 6.34. The lowest BCUT2D eigenvalue weighted by Crippen LogP contribution is -2.21. The molecule has 1 heterocycles. The molecule has 0 saturated heterocycles. The highest BCUT2D eigenvalue weighted by Gasteiger charge is 2.11. The molecule has 0 aliphatic carbocycles. The van der Waals surface area contributed by atoms with Crippen LogP contribution in [0.25, 0.3) is 0 Å². The van der Waals surface area contributed by atoms with E-state index in [0.717, 1.165) is 5.69 Å². The van der Waals surface area contributed by atoms with Gasteiger partial charge in [-0.3, -0.25) is 4.98 Å². The van der Waals surface area contributed by atoms with Crippen LogP contribution in [0.15, 0.2) is 24.4 Å². The first kappa shape index (κ1) is 10.2. The maximum Gasteiger partial charge on any atom is 0.0668 e. The summed E-state index contributed by atoms with van der Waals surface area (Å²) >= 11 is 0. The first-order chi connectivity index (χ1) is 6.24. The zero-order chi connectivity index (χ0) is 9.68. The van der Waals surface area contributed by atoms with Gasteiger partial charge in [0.2, 0.25) is 0 Å². The Balaban J connectivity index is 2.53. The fraction of sp³-hybridized carbons (Fsp3) is 0.500. The summed E-state index contributed by atoms with van der Waals surface area (Å²) in [5.74, 6) is 0.264. The van der Waals surface area contributed by atoms with E-state index in [1.54, 1.807) is 6.20 Å². The molecule has 0 radical (unpaired) electrons. The molecule has 0 bridgehead atoms. The zero-order valence-electron chi connectivity index (χ0n) is 7.85. The van der Waals surface area contributed by atoms with Crippen molar-refractivity contribution in [2.45, 2.75) is 25.4 Å². The third-order valence-electron chi connectivity index (χ3n) is 2.09. The predicted molar refractivity (Wildman–Crippen MR) is 52.3 cm³/mol. The van der Waals surface area contributed by atoms with Gasteiger partial charge in [-0.2, -0.15) is 0 Å². The van der Waals surface area contributed by atoms with Crippen LogP contribution in [-0.2, 0) is 0 Å². The summed E-state index contributed by atoms with van der Waals surface area (Å²) in [6.45, 7) is 2.36. The quantitative estimate of drug-likeness (QED) is 0.723. The topological polar surface area (TPSA) is 59.1 Å². The average Bonchev–Trinajstić information content (AvgIpc) is 2.19. The standard InChI is InChI=1S/C10H16N2O/c1-8(6-9(13)7-11)10-4-2-3-5-12-10/h2-5,8-9,13H,6-7,11H2,1H3. The highest BCUT2D eigenvalue weighted by atomic mass is 16.3. The van der Waals surface area contributed by atoms with Crippen LogP contribution in [0.1, 0.15) is 25.0 Å². The Hall–Kier alpha value is -0.930. The van der Waals surface area contributed by atoms with Crippen molar-refractivity contribution in [3.63, 3.8) is 0 Å². The molecule has 2 atom stereocenters. The Morgan fingerprint density at radius 1 is 1.54 bits per heavy atom. The summed E-state index contributed by atoms with van der Waals surface area (Å²) in [6.07, 6.45) is 2.02. The molecule has 1 rings (SSSR count). The van der Waals surface area contributed by atoms with E-state index in [0.29, 0.717) is 13.0 Å². The van der Waals surface area contributed by atoms with Gasteiger partial charge in [-0.1, -0.05) is 13.0 Å². The van der Waals surface area contributed by atoms with Crippen LogP contribution >= 0.6 is 0 Å². The van der Waals surface area contributed by atoms with Crippen LogP contribution in [0.2, 0.25) is 0 Å². The fourth-order valence-corrected chi connectivity index (χ4v) is 1.29. The van der Waals surface area contributed by atoms with Crippen molar-refractivity contribution in [2.75, 3.05) is 6.54 Å². The van der Waals surface area contributed by atoms with E-state index in [1.165, 1.54) is 0 Å². The van der Waals surface area contributed by atoms with Crippen molar-refractivity contribution in [3.8, 4) is 0 Å². The predicted octanol–water partition coefficient (Wildman–Crippen LogP) is 0.895. The lowest BCUT2D eigenvalue weighted by Gasteiger charge is -2.13. The number of rotatable bonds is 4. The largest absolute Gasteiger partial charge is 0.392 e. The van der Waals surface area contributed by atoms with Crippen molar-refractivity contribution >= 4 is 0 Å². The second-order valence-electron chi connectivity index (χ2n) is 3.28. The highest BCUT2D eigenvalue weighted by molar-refractivity contribution is 5.08. The maximum atomic E-state index is 9.34. The molecule has 0 fully saturated rings. The molecule has 1 aromatic rings. The number of nitrogens with two attached hydrogens (primary N) is 1. The molecule has 3 heteroatoms. The molecule has 0 spiro atoms. The van der Waals surface area contributed by atoms with Crippen molar-refractivity contribution in [2.24, 2.45) is 5.73 Å². The molecule has 3 nitrogen and oxygen atoms in total. The molecule has 0 aliphatic heterocycles. The van der Waals surface area contributed by atoms with Gasteiger partial charge in [0.1, 0.15) is 0 Å². The zero-order valence-corrected chi connectivity index (χ0v) is 7.85. The number of hydrogen-bond acceptors (Lipinski definition) is 3. The third-order valence-corrected chi connectivity index (χ3v) is 2.09. The van der Waals surface area contributed by atoms with Gasteiger partial charge in [0.25, 0.3) is 0 Å². The van der Waals surface area contributed by atoms with E-state index in [9.17, 15) is 5.11 Å². The molecule has 0 aliphatic rings. The van der Waals surface area contributed by atoms with Gasteiger partial charge in [-0.25, -0.2) is 0 Å². The van der Waals surface area contributed by atoms with Crippen molar-refractivity contribution < 1.29 is 5.11 Å². The van der Waals surface area contributed by atoms with E-state index >= 15 is 0 Å². The number of nitrogens with zero attached hydrogens (tertiary/aromatic N) is 1. The number of pyridine rings is 1. The number of aliphatic hydroxyl groups excluding tert-OH is 1. The van der Waals surface area contributed by atoms with Gasteiger partial charge in [-0.15, -0.1) is 0 Å². The SMILES string of the molecule is CC(CC(O)CN)c1ccccn1. The Morgan fingerprint density at radius 3 is 2.85 bits per heavy atom. The lowest BCUT2D eigenvalue weighted by molar-refractivity contribution is 0.164. The van der Waals surface area contributed by atoms with E-state index in [4.69, 9.17) is 5.73 Å². The van der Waals surface area contributed by atoms with Crippen LogP contribution < -0.4 is 5.73 Å². The molecular formula is C10H16N2O. The van der Waals surface area contributed by atoms with Gasteiger partial charge >= 0.3 is 0 Å². The second kappa shape index (κ2) is 4.94. The summed E-state index contributed by atoms with van der Waals surface area (Å²) in [7, 11) is 0. The average molecular weight is 180 g/mol. The van der Waals surface area contributed by atoms with Gasteiger partial charge in [0.05, 0.1) is 6.10 Å². The summed E-state index contributed by atoms with van der Waals surface area (Å²) in [6, 6.07) is 5.80. The van der Waals surface area contributed by atoms with Crippen LogP contribution in [0.5, 0.6) is 0 Å². The van der Waals surface area contributed by atoms with E-state index < -0.39 is 6.10 Å². The Bertz CT molecular complexity index is 238. The minimum Gasteiger partial charge on any atom is -0.392 e. The van der Waals surface area contributed by atoms with Gasteiger partial charge in [0.15, 0.2) is 0 Å². The van der Waals surface area contributed by atoms with E-state index in [-0.39, 0.29) is 5.92 Å². The molecule has 0 amide bonds. The first-order valence-corrected chi connectivity index (χ1v) is 4.53. The first-order valence-electron chi connectivity index (χ1n) is 4.53. The van der Waals surface area contributed by atoms with Crippen LogP contribution in [0.4, 0.5) is 0 Å². The fourth-order valence-electron chi connectivity index (χ4n) is 1.29. The number of aromatic nitrogens is 1. The molecule has 13 heavy (non-hydrogen) atoms. The minimum absolute atomic E-state index is 0.264. The van der Waals surface area contributed by atoms with Crippen molar-refractivity contribution in [3.05, 3.63) is 30.1 Å². The Morgan fingerprint density at radius 2 is 2.31 bits per heavy atom. The van der Waals surface area contributed by atoms with Crippen molar-refractivity contribution in [1.29, 1.82) is 0 Å². The minimum atomic E-state index is -0.419.